The van der Waals surface area contributed by atoms with Crippen LogP contribution in [0.3, 0.4) is 0 Å². The molecule has 0 fully saturated rings. The molecule has 3 heterocycles. The number of aliphatic hydroxyl groups excluding tert-OH is 1. The molecular formula is C19H21N5O2. The molecule has 4 aromatic rings. The topological polar surface area (TPSA) is 77.5 Å². The van der Waals surface area contributed by atoms with Gasteiger partial charge in [0.2, 0.25) is 0 Å². The number of aliphatic hydroxyl groups is 1. The molecular weight excluding hydrogens is 330 g/mol. The minimum atomic E-state index is 0.160. The molecule has 0 saturated heterocycles. The van der Waals surface area contributed by atoms with Crippen LogP contribution in [0, 0.1) is 13.8 Å². The fourth-order valence-corrected chi connectivity index (χ4v) is 3.30. The van der Waals surface area contributed by atoms with Crippen molar-refractivity contribution in [1.82, 2.24) is 24.1 Å². The molecule has 26 heavy (non-hydrogen) atoms. The summed E-state index contributed by atoms with van der Waals surface area (Å²) in [7, 11) is 1.65. The number of ether oxygens (including phenoxy) is 1. The van der Waals surface area contributed by atoms with E-state index in [1.807, 2.05) is 24.3 Å². The Labute approximate surface area is 150 Å². The number of aromatic nitrogens is 5. The highest BCUT2D eigenvalue weighted by Gasteiger charge is 2.18. The first-order valence-corrected chi connectivity index (χ1v) is 8.60. The Morgan fingerprint density at radius 1 is 1.12 bits per heavy atom. The number of aryl methyl sites for hydroxylation is 2. The van der Waals surface area contributed by atoms with Gasteiger partial charge in [-0.2, -0.15) is 0 Å². The number of nitrogens with zero attached hydrogens (tertiary/aromatic N) is 5. The highest BCUT2D eigenvalue weighted by molar-refractivity contribution is 5.94. The average molecular weight is 351 g/mol. The van der Waals surface area contributed by atoms with Crippen molar-refractivity contribution in [2.24, 2.45) is 0 Å². The van der Waals surface area contributed by atoms with E-state index >= 15 is 0 Å². The van der Waals surface area contributed by atoms with E-state index in [1.165, 1.54) is 0 Å². The van der Waals surface area contributed by atoms with Gasteiger partial charge in [-0.15, -0.1) is 5.10 Å². The molecule has 4 rings (SSSR count). The Balaban J connectivity index is 1.88. The van der Waals surface area contributed by atoms with Gasteiger partial charge in [-0.1, -0.05) is 0 Å². The molecule has 0 aliphatic carbocycles. The van der Waals surface area contributed by atoms with Gasteiger partial charge in [-0.25, -0.2) is 14.5 Å². The summed E-state index contributed by atoms with van der Waals surface area (Å²) in [6, 6.07) is 7.69. The molecule has 7 heteroatoms. The predicted molar refractivity (Wildman–Crippen MR) is 99.4 cm³/mol. The maximum atomic E-state index is 9.17. The second-order valence-electron chi connectivity index (χ2n) is 6.31. The van der Waals surface area contributed by atoms with Gasteiger partial charge in [0.15, 0.2) is 11.5 Å². The molecule has 1 N–H and O–H groups in total. The maximum absolute atomic E-state index is 9.17. The van der Waals surface area contributed by atoms with Crippen LogP contribution in [0.15, 0.2) is 30.6 Å². The van der Waals surface area contributed by atoms with Gasteiger partial charge in [0, 0.05) is 24.4 Å². The summed E-state index contributed by atoms with van der Waals surface area (Å²) in [4.78, 5) is 9.37. The summed E-state index contributed by atoms with van der Waals surface area (Å²) in [6.07, 6.45) is 2.40. The van der Waals surface area contributed by atoms with Gasteiger partial charge < -0.3 is 14.4 Å². The predicted octanol–water partition coefficient (Wildman–Crippen LogP) is 2.75. The van der Waals surface area contributed by atoms with Crippen molar-refractivity contribution in [3.8, 4) is 17.1 Å². The third-order valence-corrected chi connectivity index (χ3v) is 4.83. The maximum Gasteiger partial charge on any atom is 0.182 e. The van der Waals surface area contributed by atoms with Crippen LogP contribution in [0.2, 0.25) is 0 Å². The second-order valence-corrected chi connectivity index (χ2v) is 6.31. The van der Waals surface area contributed by atoms with E-state index in [4.69, 9.17) is 14.8 Å². The van der Waals surface area contributed by atoms with Crippen LogP contribution in [0.4, 0.5) is 0 Å². The first-order valence-electron chi connectivity index (χ1n) is 8.60. The van der Waals surface area contributed by atoms with E-state index in [1.54, 1.807) is 18.0 Å². The number of methoxy groups -OCH3 is 1. The number of hydrogen-bond donors (Lipinski definition) is 1. The van der Waals surface area contributed by atoms with Crippen LogP contribution in [0.25, 0.3) is 28.1 Å². The Hall–Kier alpha value is -2.93. The van der Waals surface area contributed by atoms with E-state index in [-0.39, 0.29) is 6.61 Å². The Kier molecular flexibility index (Phi) is 4.08. The highest BCUT2D eigenvalue weighted by atomic mass is 16.5. The molecule has 0 bridgehead atoms. The summed E-state index contributed by atoms with van der Waals surface area (Å²) in [5.41, 5.74) is 4.89. The lowest BCUT2D eigenvalue weighted by Crippen LogP contribution is -2.03. The average Bonchev–Trinajstić information content (AvgIpc) is 3.20. The molecule has 3 aromatic heterocycles. The highest BCUT2D eigenvalue weighted by Crippen LogP contribution is 2.28. The molecule has 134 valence electrons. The van der Waals surface area contributed by atoms with Gasteiger partial charge in [0.25, 0.3) is 0 Å². The Morgan fingerprint density at radius 2 is 1.88 bits per heavy atom. The van der Waals surface area contributed by atoms with Crippen LogP contribution in [-0.4, -0.2) is 43.0 Å². The van der Waals surface area contributed by atoms with E-state index in [0.717, 1.165) is 45.8 Å². The fraction of sp³-hybridized carbons (Fsp3) is 0.316. The first kappa shape index (κ1) is 16.5. The number of rotatable bonds is 5. The lowest BCUT2D eigenvalue weighted by Gasteiger charge is -2.05. The zero-order valence-electron chi connectivity index (χ0n) is 15.1. The number of benzene rings is 1. The summed E-state index contributed by atoms with van der Waals surface area (Å²) in [5.74, 6) is 1.45. The third kappa shape index (κ3) is 2.52. The molecule has 0 saturated carbocycles. The molecule has 0 atom stereocenters. The fourth-order valence-electron chi connectivity index (χ4n) is 3.30. The molecule has 0 amide bonds. The summed E-state index contributed by atoms with van der Waals surface area (Å²) in [6.45, 7) is 5.05. The van der Waals surface area contributed by atoms with E-state index in [0.29, 0.717) is 12.2 Å². The van der Waals surface area contributed by atoms with Crippen LogP contribution in [0.5, 0.6) is 5.75 Å². The largest absolute Gasteiger partial charge is 0.497 e. The molecule has 0 unspecified atom stereocenters. The summed E-state index contributed by atoms with van der Waals surface area (Å²) < 4.78 is 9.08. The van der Waals surface area contributed by atoms with Gasteiger partial charge >= 0.3 is 0 Å². The van der Waals surface area contributed by atoms with Crippen LogP contribution < -0.4 is 4.74 Å². The van der Waals surface area contributed by atoms with Gasteiger partial charge in [0.05, 0.1) is 12.5 Å². The third-order valence-electron chi connectivity index (χ3n) is 4.83. The Bertz CT molecular complexity index is 1080. The van der Waals surface area contributed by atoms with Crippen molar-refractivity contribution in [3.05, 3.63) is 41.9 Å². The number of hydrogen-bond acceptors (Lipinski definition) is 5. The van der Waals surface area contributed by atoms with Crippen molar-refractivity contribution in [2.75, 3.05) is 13.7 Å². The SMILES string of the molecule is COc1ccc(-c2nc3c4c(C)c(C)n(CCCO)c4ncn3n2)cc1. The van der Waals surface area contributed by atoms with Gasteiger partial charge in [-0.3, -0.25) is 0 Å². The van der Waals surface area contributed by atoms with Gasteiger partial charge in [-0.05, 0) is 50.1 Å². The van der Waals surface area contributed by atoms with Crippen LogP contribution in [0.1, 0.15) is 17.7 Å². The van der Waals surface area contributed by atoms with E-state index in [2.05, 4.69) is 28.5 Å². The minimum absolute atomic E-state index is 0.160. The van der Waals surface area contributed by atoms with Crippen LogP contribution in [-0.2, 0) is 6.54 Å². The van der Waals surface area contributed by atoms with Crippen molar-refractivity contribution in [3.63, 3.8) is 0 Å². The summed E-state index contributed by atoms with van der Waals surface area (Å²) >= 11 is 0. The molecule has 0 aliphatic heterocycles. The molecule has 0 radical (unpaired) electrons. The van der Waals surface area contributed by atoms with Crippen molar-refractivity contribution < 1.29 is 9.84 Å². The second kappa shape index (κ2) is 6.42. The monoisotopic (exact) mass is 351 g/mol. The summed E-state index contributed by atoms with van der Waals surface area (Å²) in [5, 5.41) is 14.8. The minimum Gasteiger partial charge on any atom is -0.497 e. The van der Waals surface area contributed by atoms with Crippen molar-refractivity contribution in [1.29, 1.82) is 0 Å². The lowest BCUT2D eigenvalue weighted by atomic mass is 10.2. The van der Waals surface area contributed by atoms with E-state index in [9.17, 15) is 0 Å². The van der Waals surface area contributed by atoms with Gasteiger partial charge in [0.1, 0.15) is 17.7 Å². The van der Waals surface area contributed by atoms with E-state index < -0.39 is 0 Å². The molecule has 7 nitrogen and oxygen atoms in total. The normalized spacial score (nSPS) is 11.5. The molecule has 1 aromatic carbocycles. The molecule has 0 spiro atoms. The number of fused-ring (bicyclic) bond motifs is 3. The Morgan fingerprint density at radius 3 is 2.58 bits per heavy atom. The first-order chi connectivity index (χ1) is 12.6. The van der Waals surface area contributed by atoms with Crippen molar-refractivity contribution >= 4 is 16.7 Å². The van der Waals surface area contributed by atoms with Crippen LogP contribution >= 0.6 is 0 Å². The zero-order chi connectivity index (χ0) is 18.3. The lowest BCUT2D eigenvalue weighted by molar-refractivity contribution is 0.280. The smallest absolute Gasteiger partial charge is 0.182 e. The van der Waals surface area contributed by atoms with Crippen molar-refractivity contribution in [2.45, 2.75) is 26.8 Å². The quantitative estimate of drug-likeness (QED) is 0.598. The molecule has 0 aliphatic rings. The standard InChI is InChI=1S/C19H21N5O2/c1-12-13(2)23(9-4-10-25)18-16(12)19-21-17(22-24(19)11-20-18)14-5-7-15(26-3)8-6-14/h5-8,11,25H,4,9-10H2,1-3H3. The zero-order valence-corrected chi connectivity index (χ0v) is 15.1.